The third kappa shape index (κ3) is 2.93. The van der Waals surface area contributed by atoms with E-state index in [0.29, 0.717) is 11.7 Å². The number of hydrogen-bond donors (Lipinski definition) is 1. The molecule has 1 saturated heterocycles. The summed E-state index contributed by atoms with van der Waals surface area (Å²) in [7, 11) is 0. The van der Waals surface area contributed by atoms with Crippen LogP contribution in [-0.4, -0.2) is 28.2 Å². The van der Waals surface area contributed by atoms with Crippen molar-refractivity contribution < 1.29 is 5.11 Å². The van der Waals surface area contributed by atoms with Gasteiger partial charge in [0, 0.05) is 25.5 Å². The molecular weight excluding hydrogens is 318 g/mol. The van der Waals surface area contributed by atoms with Crippen LogP contribution in [0.5, 0.6) is 5.75 Å². The number of hydrogen-bond acceptors (Lipinski definition) is 4. The van der Waals surface area contributed by atoms with E-state index in [1.165, 1.54) is 5.56 Å². The van der Waals surface area contributed by atoms with Gasteiger partial charge < -0.3 is 10.0 Å². The monoisotopic (exact) mass is 333 g/mol. The topological polar surface area (TPSA) is 49.2 Å². The smallest absolute Gasteiger partial charge is 0.225 e. The molecule has 0 bridgehead atoms. The zero-order valence-corrected chi connectivity index (χ0v) is 12.6. The predicted octanol–water partition coefficient (Wildman–Crippen LogP) is 3.33. The van der Waals surface area contributed by atoms with Crippen molar-refractivity contribution in [3.05, 3.63) is 46.7 Å². The Bertz CT molecular complexity index is 509. The van der Waals surface area contributed by atoms with Gasteiger partial charge in [0.1, 0.15) is 5.75 Å². The number of phenols is 1. The largest absolute Gasteiger partial charge is 0.508 e. The average molecular weight is 334 g/mol. The molecule has 0 spiro atoms. The summed E-state index contributed by atoms with van der Waals surface area (Å²) >= 11 is 3.35. The van der Waals surface area contributed by atoms with Crippen LogP contribution in [-0.2, 0) is 0 Å². The molecule has 1 aliphatic heterocycles. The van der Waals surface area contributed by atoms with Crippen LogP contribution < -0.4 is 4.90 Å². The second-order valence-corrected chi connectivity index (χ2v) is 5.97. The number of nitrogens with zero attached hydrogens (tertiary/aromatic N) is 3. The van der Waals surface area contributed by atoms with Crippen LogP contribution >= 0.6 is 15.9 Å². The summed E-state index contributed by atoms with van der Waals surface area (Å²) in [6.45, 7) is 1.93. The van der Waals surface area contributed by atoms with Crippen LogP contribution in [0.3, 0.4) is 0 Å². The molecule has 0 amide bonds. The number of halogens is 1. The molecule has 1 aromatic carbocycles. The third-order valence-electron chi connectivity index (χ3n) is 3.75. The van der Waals surface area contributed by atoms with E-state index in [2.05, 4.69) is 30.8 Å². The number of phenolic OH excluding ortho intramolecular Hbond substituents is 1. The van der Waals surface area contributed by atoms with Gasteiger partial charge in [0.25, 0.3) is 0 Å². The van der Waals surface area contributed by atoms with Crippen molar-refractivity contribution in [2.24, 2.45) is 0 Å². The van der Waals surface area contributed by atoms with Crippen molar-refractivity contribution in [1.82, 2.24) is 9.97 Å². The molecule has 0 saturated carbocycles. The standard InChI is InChI=1S/C15H16BrN3O/c16-13-9-17-15(18-10-13)19-7-5-12(6-8-19)11-1-3-14(20)4-2-11/h1-4,9-10,12,20H,5-8H2. The van der Waals surface area contributed by atoms with E-state index in [1.807, 2.05) is 12.1 Å². The van der Waals surface area contributed by atoms with Crippen LogP contribution in [0.2, 0.25) is 0 Å². The lowest BCUT2D eigenvalue weighted by molar-refractivity contribution is 0.472. The summed E-state index contributed by atoms with van der Waals surface area (Å²) in [5.74, 6) is 1.69. The fourth-order valence-corrected chi connectivity index (χ4v) is 2.83. The number of benzene rings is 1. The molecule has 1 N–H and O–H groups in total. The average Bonchev–Trinajstić information content (AvgIpc) is 2.49. The fraction of sp³-hybridized carbons (Fsp3) is 0.333. The van der Waals surface area contributed by atoms with Crippen LogP contribution in [0.15, 0.2) is 41.1 Å². The van der Waals surface area contributed by atoms with Gasteiger partial charge >= 0.3 is 0 Å². The van der Waals surface area contributed by atoms with Gasteiger partial charge in [-0.1, -0.05) is 12.1 Å². The van der Waals surface area contributed by atoms with Gasteiger partial charge in [-0.2, -0.15) is 0 Å². The van der Waals surface area contributed by atoms with Crippen molar-refractivity contribution in [1.29, 1.82) is 0 Å². The van der Waals surface area contributed by atoms with Gasteiger partial charge in [0.05, 0.1) is 4.47 Å². The highest BCUT2D eigenvalue weighted by Crippen LogP contribution is 2.30. The summed E-state index contributed by atoms with van der Waals surface area (Å²) in [5, 5.41) is 9.34. The fourth-order valence-electron chi connectivity index (χ4n) is 2.63. The maximum atomic E-state index is 9.34. The highest BCUT2D eigenvalue weighted by atomic mass is 79.9. The van der Waals surface area contributed by atoms with E-state index < -0.39 is 0 Å². The van der Waals surface area contributed by atoms with Crippen LogP contribution in [0.4, 0.5) is 5.95 Å². The first-order valence-electron chi connectivity index (χ1n) is 6.74. The highest BCUT2D eigenvalue weighted by molar-refractivity contribution is 9.10. The van der Waals surface area contributed by atoms with Crippen LogP contribution in [0.25, 0.3) is 0 Å². The molecule has 0 aliphatic carbocycles. The minimum Gasteiger partial charge on any atom is -0.508 e. The summed E-state index contributed by atoms with van der Waals surface area (Å²) < 4.78 is 0.903. The molecule has 3 rings (SSSR count). The zero-order valence-electron chi connectivity index (χ0n) is 11.0. The first kappa shape index (κ1) is 13.4. The SMILES string of the molecule is Oc1ccc(C2CCN(c3ncc(Br)cn3)CC2)cc1. The number of aromatic hydroxyl groups is 1. The Hall–Kier alpha value is -1.62. The molecule has 104 valence electrons. The Morgan fingerprint density at radius 1 is 1.05 bits per heavy atom. The molecule has 20 heavy (non-hydrogen) atoms. The van der Waals surface area contributed by atoms with Crippen molar-refractivity contribution in [3.8, 4) is 5.75 Å². The first-order chi connectivity index (χ1) is 9.72. The Morgan fingerprint density at radius 3 is 2.25 bits per heavy atom. The summed E-state index contributed by atoms with van der Waals surface area (Å²) in [4.78, 5) is 10.9. The van der Waals surface area contributed by atoms with E-state index in [4.69, 9.17) is 0 Å². The number of aromatic nitrogens is 2. The van der Waals surface area contributed by atoms with Crippen molar-refractivity contribution in [2.75, 3.05) is 18.0 Å². The number of rotatable bonds is 2. The molecule has 0 unspecified atom stereocenters. The Labute approximate surface area is 126 Å². The molecule has 2 aromatic rings. The summed E-state index contributed by atoms with van der Waals surface area (Å²) in [5.41, 5.74) is 1.30. The van der Waals surface area contributed by atoms with Crippen LogP contribution in [0.1, 0.15) is 24.3 Å². The van der Waals surface area contributed by atoms with Gasteiger partial charge in [-0.05, 0) is 52.4 Å². The van der Waals surface area contributed by atoms with Crippen molar-refractivity contribution >= 4 is 21.9 Å². The molecule has 1 fully saturated rings. The molecule has 5 heteroatoms. The lowest BCUT2D eigenvalue weighted by Crippen LogP contribution is -2.34. The van der Waals surface area contributed by atoms with Gasteiger partial charge in [-0.15, -0.1) is 0 Å². The summed E-state index contributed by atoms with van der Waals surface area (Å²) in [6.07, 6.45) is 5.75. The van der Waals surface area contributed by atoms with Gasteiger partial charge in [0.15, 0.2) is 0 Å². The molecule has 1 aliphatic rings. The molecule has 0 radical (unpaired) electrons. The quantitative estimate of drug-likeness (QED) is 0.915. The number of anilines is 1. The van der Waals surface area contributed by atoms with E-state index in [1.54, 1.807) is 24.5 Å². The Morgan fingerprint density at radius 2 is 1.65 bits per heavy atom. The summed E-state index contributed by atoms with van der Waals surface area (Å²) in [6, 6.07) is 7.57. The third-order valence-corrected chi connectivity index (χ3v) is 4.16. The van der Waals surface area contributed by atoms with Crippen molar-refractivity contribution in [3.63, 3.8) is 0 Å². The molecule has 2 heterocycles. The van der Waals surface area contributed by atoms with E-state index in [9.17, 15) is 5.11 Å². The maximum Gasteiger partial charge on any atom is 0.225 e. The predicted molar refractivity (Wildman–Crippen MR) is 82.0 cm³/mol. The van der Waals surface area contributed by atoms with E-state index in [-0.39, 0.29) is 0 Å². The molecular formula is C15H16BrN3O. The van der Waals surface area contributed by atoms with E-state index in [0.717, 1.165) is 36.4 Å². The second-order valence-electron chi connectivity index (χ2n) is 5.05. The van der Waals surface area contributed by atoms with Crippen LogP contribution in [0, 0.1) is 0 Å². The Kier molecular flexibility index (Phi) is 3.87. The van der Waals surface area contributed by atoms with E-state index >= 15 is 0 Å². The van der Waals surface area contributed by atoms with Gasteiger partial charge in [0.2, 0.25) is 5.95 Å². The minimum absolute atomic E-state index is 0.328. The van der Waals surface area contributed by atoms with Gasteiger partial charge in [-0.25, -0.2) is 9.97 Å². The molecule has 1 aromatic heterocycles. The Balaban J connectivity index is 1.64. The lowest BCUT2D eigenvalue weighted by atomic mass is 9.89. The normalized spacial score (nSPS) is 16.4. The zero-order chi connectivity index (χ0) is 13.9. The maximum absolute atomic E-state index is 9.34. The highest BCUT2D eigenvalue weighted by Gasteiger charge is 2.22. The van der Waals surface area contributed by atoms with Gasteiger partial charge in [-0.3, -0.25) is 0 Å². The molecule has 4 nitrogen and oxygen atoms in total. The van der Waals surface area contributed by atoms with Crippen molar-refractivity contribution in [2.45, 2.75) is 18.8 Å². The minimum atomic E-state index is 0.328. The second kappa shape index (κ2) is 5.79. The molecule has 0 atom stereocenters. The lowest BCUT2D eigenvalue weighted by Gasteiger charge is -2.32. The number of piperidine rings is 1. The first-order valence-corrected chi connectivity index (χ1v) is 7.53.